The van der Waals surface area contributed by atoms with Crippen molar-refractivity contribution < 1.29 is 9.50 Å². The molecule has 0 bridgehead atoms. The van der Waals surface area contributed by atoms with Crippen LogP contribution in [-0.2, 0) is 12.8 Å². The van der Waals surface area contributed by atoms with Crippen molar-refractivity contribution in [2.45, 2.75) is 26.7 Å². The molecule has 0 atom stereocenters. The van der Waals surface area contributed by atoms with Gasteiger partial charge in [0.2, 0.25) is 0 Å². The van der Waals surface area contributed by atoms with E-state index < -0.39 is 0 Å². The lowest BCUT2D eigenvalue weighted by Gasteiger charge is -2.10. The zero-order valence-corrected chi connectivity index (χ0v) is 11.2. The van der Waals surface area contributed by atoms with E-state index in [2.05, 4.69) is 9.97 Å². The van der Waals surface area contributed by atoms with Gasteiger partial charge in [-0.05, 0) is 37.5 Å². The van der Waals surface area contributed by atoms with E-state index in [1.807, 2.05) is 13.8 Å². The number of aliphatic hydroxyl groups excluding tert-OH is 1. The molecule has 0 aliphatic rings. The highest BCUT2D eigenvalue weighted by molar-refractivity contribution is 5.27. The fourth-order valence-electron chi connectivity index (χ4n) is 2.17. The fraction of sp³-hybridized carbons (Fsp3) is 0.333. The maximum atomic E-state index is 13.6. The first-order valence-electron chi connectivity index (χ1n) is 6.29. The molecule has 2 aromatic rings. The van der Waals surface area contributed by atoms with E-state index in [0.717, 1.165) is 17.0 Å². The average Bonchev–Trinajstić information content (AvgIpc) is 2.37. The standard InChI is InChI=1S/C15H17FN2O/c1-10-13(7-8-19)11(2)18-15(17-10)9-12-5-3-4-6-14(12)16/h3-6,19H,7-9H2,1-2H3. The molecule has 0 aliphatic heterocycles. The largest absolute Gasteiger partial charge is 0.396 e. The van der Waals surface area contributed by atoms with E-state index in [4.69, 9.17) is 5.11 Å². The van der Waals surface area contributed by atoms with E-state index in [1.54, 1.807) is 18.2 Å². The van der Waals surface area contributed by atoms with Crippen molar-refractivity contribution in [3.63, 3.8) is 0 Å². The molecule has 0 saturated heterocycles. The van der Waals surface area contributed by atoms with Gasteiger partial charge in [-0.1, -0.05) is 18.2 Å². The first-order chi connectivity index (χ1) is 9.11. The molecule has 0 saturated carbocycles. The Balaban J connectivity index is 2.30. The first kappa shape index (κ1) is 13.6. The van der Waals surface area contributed by atoms with Gasteiger partial charge in [-0.2, -0.15) is 0 Å². The van der Waals surface area contributed by atoms with Crippen LogP contribution < -0.4 is 0 Å². The van der Waals surface area contributed by atoms with Gasteiger partial charge < -0.3 is 5.11 Å². The van der Waals surface area contributed by atoms with E-state index in [0.29, 0.717) is 24.2 Å². The summed E-state index contributed by atoms with van der Waals surface area (Å²) in [5, 5.41) is 9.00. The Labute approximate surface area is 112 Å². The summed E-state index contributed by atoms with van der Waals surface area (Å²) in [4.78, 5) is 8.80. The molecule has 19 heavy (non-hydrogen) atoms. The monoisotopic (exact) mass is 260 g/mol. The summed E-state index contributed by atoms with van der Waals surface area (Å²) >= 11 is 0. The Bertz CT molecular complexity index is 561. The number of hydrogen-bond acceptors (Lipinski definition) is 3. The molecule has 3 nitrogen and oxygen atoms in total. The van der Waals surface area contributed by atoms with Crippen molar-refractivity contribution in [2.75, 3.05) is 6.61 Å². The zero-order chi connectivity index (χ0) is 13.8. The van der Waals surface area contributed by atoms with Crippen LogP contribution in [-0.4, -0.2) is 21.7 Å². The lowest BCUT2D eigenvalue weighted by atomic mass is 10.1. The molecule has 1 aromatic heterocycles. The molecular weight excluding hydrogens is 243 g/mol. The zero-order valence-electron chi connectivity index (χ0n) is 11.2. The number of rotatable bonds is 4. The third-order valence-corrected chi connectivity index (χ3v) is 3.14. The van der Waals surface area contributed by atoms with Crippen LogP contribution in [0.15, 0.2) is 24.3 Å². The van der Waals surface area contributed by atoms with Crippen LogP contribution in [0.1, 0.15) is 28.3 Å². The molecule has 0 unspecified atom stereocenters. The highest BCUT2D eigenvalue weighted by Gasteiger charge is 2.10. The van der Waals surface area contributed by atoms with Gasteiger partial charge in [0.1, 0.15) is 11.6 Å². The Morgan fingerprint density at radius 3 is 2.32 bits per heavy atom. The quantitative estimate of drug-likeness (QED) is 0.918. The van der Waals surface area contributed by atoms with Crippen molar-refractivity contribution in [1.82, 2.24) is 9.97 Å². The van der Waals surface area contributed by atoms with Crippen LogP contribution in [0.4, 0.5) is 4.39 Å². The Hall–Kier alpha value is -1.81. The molecule has 4 heteroatoms. The summed E-state index contributed by atoms with van der Waals surface area (Å²) in [7, 11) is 0. The molecule has 0 fully saturated rings. The number of halogens is 1. The molecule has 0 amide bonds. The summed E-state index contributed by atoms with van der Waals surface area (Å²) in [6, 6.07) is 6.65. The van der Waals surface area contributed by atoms with E-state index in [-0.39, 0.29) is 12.4 Å². The maximum absolute atomic E-state index is 13.6. The smallest absolute Gasteiger partial charge is 0.133 e. The molecular formula is C15H17FN2O. The second-order valence-corrected chi connectivity index (χ2v) is 4.53. The average molecular weight is 260 g/mol. The van der Waals surface area contributed by atoms with Crippen LogP contribution in [0.25, 0.3) is 0 Å². The summed E-state index contributed by atoms with van der Waals surface area (Å²) < 4.78 is 13.6. The normalized spacial score (nSPS) is 10.7. The number of benzene rings is 1. The molecule has 0 radical (unpaired) electrons. The van der Waals surface area contributed by atoms with Crippen LogP contribution in [0.3, 0.4) is 0 Å². The second-order valence-electron chi connectivity index (χ2n) is 4.53. The van der Waals surface area contributed by atoms with Crippen LogP contribution in [0.5, 0.6) is 0 Å². The SMILES string of the molecule is Cc1nc(Cc2ccccc2F)nc(C)c1CCO. The van der Waals surface area contributed by atoms with Crippen molar-refractivity contribution >= 4 is 0 Å². The third kappa shape index (κ3) is 3.15. The lowest BCUT2D eigenvalue weighted by molar-refractivity contribution is 0.298. The molecule has 100 valence electrons. The van der Waals surface area contributed by atoms with Crippen LogP contribution >= 0.6 is 0 Å². The predicted molar refractivity (Wildman–Crippen MR) is 71.5 cm³/mol. The van der Waals surface area contributed by atoms with Crippen LogP contribution in [0.2, 0.25) is 0 Å². The number of aromatic nitrogens is 2. The van der Waals surface area contributed by atoms with Crippen molar-refractivity contribution in [3.05, 3.63) is 58.4 Å². The highest BCUT2D eigenvalue weighted by Crippen LogP contribution is 2.15. The maximum Gasteiger partial charge on any atom is 0.133 e. The van der Waals surface area contributed by atoms with Crippen LogP contribution in [0, 0.1) is 19.7 Å². The Morgan fingerprint density at radius 1 is 1.11 bits per heavy atom. The Morgan fingerprint density at radius 2 is 1.74 bits per heavy atom. The van der Waals surface area contributed by atoms with Crippen molar-refractivity contribution in [1.29, 1.82) is 0 Å². The molecule has 0 aliphatic carbocycles. The second kappa shape index (κ2) is 5.89. The molecule has 0 spiro atoms. The van der Waals surface area contributed by atoms with E-state index in [9.17, 15) is 4.39 Å². The van der Waals surface area contributed by atoms with Crippen molar-refractivity contribution in [3.8, 4) is 0 Å². The number of nitrogens with zero attached hydrogens (tertiary/aromatic N) is 2. The molecule has 1 N–H and O–H groups in total. The predicted octanol–water partition coefficient (Wildman–Crippen LogP) is 2.36. The van der Waals surface area contributed by atoms with Gasteiger partial charge in [-0.15, -0.1) is 0 Å². The summed E-state index contributed by atoms with van der Waals surface area (Å²) in [5.41, 5.74) is 3.27. The van der Waals surface area contributed by atoms with Gasteiger partial charge in [-0.3, -0.25) is 0 Å². The van der Waals surface area contributed by atoms with Gasteiger partial charge >= 0.3 is 0 Å². The first-order valence-corrected chi connectivity index (χ1v) is 6.29. The number of hydrogen-bond donors (Lipinski definition) is 1. The van der Waals surface area contributed by atoms with Gasteiger partial charge in [-0.25, -0.2) is 14.4 Å². The van der Waals surface area contributed by atoms with Gasteiger partial charge in [0.15, 0.2) is 0 Å². The topological polar surface area (TPSA) is 46.0 Å². The van der Waals surface area contributed by atoms with Gasteiger partial charge in [0, 0.05) is 24.4 Å². The number of aryl methyl sites for hydroxylation is 2. The van der Waals surface area contributed by atoms with Crippen molar-refractivity contribution in [2.24, 2.45) is 0 Å². The Kier molecular flexibility index (Phi) is 4.22. The minimum absolute atomic E-state index is 0.0811. The summed E-state index contributed by atoms with van der Waals surface area (Å²) in [6.45, 7) is 3.87. The molecule has 1 heterocycles. The highest BCUT2D eigenvalue weighted by atomic mass is 19.1. The third-order valence-electron chi connectivity index (χ3n) is 3.14. The lowest BCUT2D eigenvalue weighted by Crippen LogP contribution is -2.08. The fourth-order valence-corrected chi connectivity index (χ4v) is 2.17. The van der Waals surface area contributed by atoms with Gasteiger partial charge in [0.05, 0.1) is 0 Å². The minimum atomic E-state index is -0.235. The van der Waals surface area contributed by atoms with E-state index in [1.165, 1.54) is 6.07 Å². The summed E-state index contributed by atoms with van der Waals surface area (Å²) in [6.07, 6.45) is 0.936. The molecule has 1 aromatic carbocycles. The molecule has 2 rings (SSSR count). The van der Waals surface area contributed by atoms with Gasteiger partial charge in [0.25, 0.3) is 0 Å². The summed E-state index contributed by atoms with van der Waals surface area (Å²) in [5.74, 6) is 0.377. The number of aliphatic hydroxyl groups is 1. The minimum Gasteiger partial charge on any atom is -0.396 e. The van der Waals surface area contributed by atoms with E-state index >= 15 is 0 Å².